The maximum atomic E-state index is 10.1. The summed E-state index contributed by atoms with van der Waals surface area (Å²) in [6, 6.07) is 5.69. The van der Waals surface area contributed by atoms with Crippen LogP contribution in [0.3, 0.4) is 0 Å². The van der Waals surface area contributed by atoms with E-state index >= 15 is 0 Å². The Labute approximate surface area is 124 Å². The summed E-state index contributed by atoms with van der Waals surface area (Å²) >= 11 is 0. The summed E-state index contributed by atoms with van der Waals surface area (Å²) in [5, 5.41) is 10.1. The van der Waals surface area contributed by atoms with Crippen LogP contribution in [0.2, 0.25) is 0 Å². The zero-order valence-electron chi connectivity index (χ0n) is 12.2. The monoisotopic (exact) mass is 284 g/mol. The largest absolute Gasteiger partial charge is 0.390 e. The highest BCUT2D eigenvalue weighted by Gasteiger charge is 2.38. The molecule has 1 fully saturated rings. The molecule has 5 heteroatoms. The van der Waals surface area contributed by atoms with E-state index in [1.165, 1.54) is 0 Å². The van der Waals surface area contributed by atoms with Crippen LogP contribution in [0.5, 0.6) is 0 Å². The Morgan fingerprint density at radius 1 is 1.05 bits per heavy atom. The first-order valence-electron chi connectivity index (χ1n) is 7.24. The van der Waals surface area contributed by atoms with Crippen LogP contribution in [-0.4, -0.2) is 25.7 Å². The molecule has 110 valence electrons. The molecule has 0 aromatic carbocycles. The van der Waals surface area contributed by atoms with Crippen LogP contribution in [0.25, 0.3) is 11.4 Å². The van der Waals surface area contributed by atoms with E-state index in [2.05, 4.69) is 15.0 Å². The number of nitrogens with two attached hydrogens (primary N) is 1. The van der Waals surface area contributed by atoms with Gasteiger partial charge in [0.05, 0.1) is 16.8 Å². The molecule has 21 heavy (non-hydrogen) atoms. The highest BCUT2D eigenvalue weighted by atomic mass is 16.3. The molecule has 5 nitrogen and oxygen atoms in total. The molecule has 0 unspecified atom stereocenters. The van der Waals surface area contributed by atoms with Crippen LogP contribution in [0.4, 0.5) is 0 Å². The lowest BCUT2D eigenvalue weighted by Crippen LogP contribution is -2.45. The Balaban J connectivity index is 1.81. The minimum Gasteiger partial charge on any atom is -0.390 e. The molecule has 3 N–H and O–H groups in total. The first-order valence-corrected chi connectivity index (χ1v) is 7.24. The topological polar surface area (TPSA) is 84.9 Å². The van der Waals surface area contributed by atoms with Crippen molar-refractivity contribution in [3.63, 3.8) is 0 Å². The van der Waals surface area contributed by atoms with E-state index in [1.807, 2.05) is 19.1 Å². The van der Waals surface area contributed by atoms with Gasteiger partial charge in [0, 0.05) is 24.2 Å². The lowest BCUT2D eigenvalue weighted by atomic mass is 9.73. The fraction of sp³-hybridized carbons (Fsp3) is 0.438. The number of pyridine rings is 1. The molecule has 2 aromatic rings. The van der Waals surface area contributed by atoms with Gasteiger partial charge in [0.15, 0.2) is 5.82 Å². The Bertz CT molecular complexity index is 600. The van der Waals surface area contributed by atoms with E-state index in [4.69, 9.17) is 5.73 Å². The minimum atomic E-state index is -0.597. The molecule has 1 aliphatic rings. The van der Waals surface area contributed by atoms with Gasteiger partial charge in [-0.2, -0.15) is 0 Å². The summed E-state index contributed by atoms with van der Waals surface area (Å²) < 4.78 is 0. The zero-order valence-corrected chi connectivity index (χ0v) is 12.2. The second kappa shape index (κ2) is 5.16. The molecule has 1 saturated carbocycles. The van der Waals surface area contributed by atoms with Gasteiger partial charge in [-0.05, 0) is 50.8 Å². The molecule has 0 atom stereocenters. The minimum absolute atomic E-state index is 0.446. The molecule has 2 aromatic heterocycles. The molecule has 0 aliphatic heterocycles. The maximum Gasteiger partial charge on any atom is 0.160 e. The Hall–Kier alpha value is -1.85. The maximum absolute atomic E-state index is 10.1. The van der Waals surface area contributed by atoms with Crippen molar-refractivity contribution < 1.29 is 5.11 Å². The predicted molar refractivity (Wildman–Crippen MR) is 80.2 cm³/mol. The van der Waals surface area contributed by atoms with Crippen molar-refractivity contribution in [2.24, 2.45) is 5.73 Å². The summed E-state index contributed by atoms with van der Waals surface area (Å²) in [6.45, 7) is 1.87. The number of hydrogen-bond donors (Lipinski definition) is 2. The number of aliphatic hydroxyl groups is 1. The van der Waals surface area contributed by atoms with Crippen LogP contribution >= 0.6 is 0 Å². The normalized spacial score (nSPS) is 29.3. The number of aromatic nitrogens is 3. The molecule has 3 rings (SSSR count). The van der Waals surface area contributed by atoms with Crippen molar-refractivity contribution in [2.75, 3.05) is 0 Å². The second-order valence-corrected chi connectivity index (χ2v) is 6.16. The lowest BCUT2D eigenvalue weighted by molar-refractivity contribution is 0.000222. The van der Waals surface area contributed by atoms with Gasteiger partial charge < -0.3 is 10.8 Å². The van der Waals surface area contributed by atoms with Crippen LogP contribution in [-0.2, 0) is 5.54 Å². The van der Waals surface area contributed by atoms with Crippen molar-refractivity contribution >= 4 is 0 Å². The van der Waals surface area contributed by atoms with Gasteiger partial charge in [0.1, 0.15) is 0 Å². The third kappa shape index (κ3) is 2.94. The van der Waals surface area contributed by atoms with Crippen molar-refractivity contribution in [3.05, 3.63) is 42.5 Å². The number of nitrogens with zero attached hydrogens (tertiary/aromatic N) is 3. The lowest BCUT2D eigenvalue weighted by Gasteiger charge is -2.39. The third-order valence-electron chi connectivity index (χ3n) is 4.32. The summed E-state index contributed by atoms with van der Waals surface area (Å²) in [5.41, 5.74) is 7.20. The summed E-state index contributed by atoms with van der Waals surface area (Å²) in [7, 11) is 0. The Morgan fingerprint density at radius 3 is 2.29 bits per heavy atom. The number of hydrogen-bond acceptors (Lipinski definition) is 5. The van der Waals surface area contributed by atoms with Gasteiger partial charge in [-0.15, -0.1) is 0 Å². The van der Waals surface area contributed by atoms with Crippen LogP contribution in [0.15, 0.2) is 36.8 Å². The summed E-state index contributed by atoms with van der Waals surface area (Å²) in [6.07, 6.45) is 8.09. The van der Waals surface area contributed by atoms with Crippen LogP contribution in [0.1, 0.15) is 38.3 Å². The fourth-order valence-corrected chi connectivity index (χ4v) is 2.76. The smallest absolute Gasteiger partial charge is 0.160 e. The van der Waals surface area contributed by atoms with Gasteiger partial charge in [-0.25, -0.2) is 9.97 Å². The van der Waals surface area contributed by atoms with Crippen LogP contribution in [0, 0.1) is 0 Å². The van der Waals surface area contributed by atoms with Gasteiger partial charge in [0.25, 0.3) is 0 Å². The SMILES string of the molecule is CC1(O)CCC(N)(c2ccc(-c3ncccn3)cn2)CC1. The Kier molecular flexibility index (Phi) is 3.47. The first kappa shape index (κ1) is 14.1. The molecular weight excluding hydrogens is 264 g/mol. The molecule has 0 amide bonds. The van der Waals surface area contributed by atoms with E-state index in [9.17, 15) is 5.11 Å². The summed E-state index contributed by atoms with van der Waals surface area (Å²) in [5.74, 6) is 0.661. The zero-order chi connectivity index (χ0) is 14.9. The fourth-order valence-electron chi connectivity index (χ4n) is 2.76. The van der Waals surface area contributed by atoms with E-state index in [-0.39, 0.29) is 0 Å². The average Bonchev–Trinajstić information content (AvgIpc) is 2.52. The van der Waals surface area contributed by atoms with Crippen molar-refractivity contribution in [3.8, 4) is 11.4 Å². The first-order chi connectivity index (χ1) is 9.99. The quantitative estimate of drug-likeness (QED) is 0.881. The van der Waals surface area contributed by atoms with Crippen LogP contribution < -0.4 is 5.73 Å². The molecule has 0 spiro atoms. The van der Waals surface area contributed by atoms with E-state index < -0.39 is 11.1 Å². The third-order valence-corrected chi connectivity index (χ3v) is 4.32. The Morgan fingerprint density at radius 2 is 1.71 bits per heavy atom. The molecule has 0 saturated heterocycles. The van der Waals surface area contributed by atoms with Gasteiger partial charge >= 0.3 is 0 Å². The average molecular weight is 284 g/mol. The number of rotatable bonds is 2. The highest BCUT2D eigenvalue weighted by molar-refractivity contribution is 5.53. The predicted octanol–water partition coefficient (Wildman–Crippen LogP) is 2.02. The molecular formula is C16H20N4O. The molecule has 1 aliphatic carbocycles. The van der Waals surface area contributed by atoms with Crippen molar-refractivity contribution in [1.82, 2.24) is 15.0 Å². The van der Waals surface area contributed by atoms with Gasteiger partial charge in [0.2, 0.25) is 0 Å². The molecule has 0 bridgehead atoms. The second-order valence-electron chi connectivity index (χ2n) is 6.16. The standard InChI is InChI=1S/C16H20N4O/c1-15(21)5-7-16(17,8-6-15)13-4-3-12(11-20-13)14-18-9-2-10-19-14/h2-4,9-11,21H,5-8,17H2,1H3. The van der Waals surface area contributed by atoms with E-state index in [1.54, 1.807) is 24.7 Å². The van der Waals surface area contributed by atoms with Crippen molar-refractivity contribution in [1.29, 1.82) is 0 Å². The van der Waals surface area contributed by atoms with Gasteiger partial charge in [-0.3, -0.25) is 4.98 Å². The van der Waals surface area contributed by atoms with E-state index in [0.29, 0.717) is 18.7 Å². The van der Waals surface area contributed by atoms with Gasteiger partial charge in [-0.1, -0.05) is 0 Å². The van der Waals surface area contributed by atoms with E-state index in [0.717, 1.165) is 24.1 Å². The molecule has 2 heterocycles. The van der Waals surface area contributed by atoms with Crippen molar-refractivity contribution in [2.45, 2.75) is 43.7 Å². The summed E-state index contributed by atoms with van der Waals surface area (Å²) in [4.78, 5) is 12.9. The molecule has 0 radical (unpaired) electrons. The highest BCUT2D eigenvalue weighted by Crippen LogP contribution is 2.38.